The number of sulfonamides is 1. The zero-order valence-corrected chi connectivity index (χ0v) is 25.2. The first kappa shape index (κ1) is 39.7. The van der Waals surface area contributed by atoms with Crippen LogP contribution in [0.1, 0.15) is 77.6 Å². The van der Waals surface area contributed by atoms with Crippen LogP contribution in [0.3, 0.4) is 0 Å². The Morgan fingerprint density at radius 3 is 1.59 bits per heavy atom. The van der Waals surface area contributed by atoms with Crippen LogP contribution in [0.15, 0.2) is 0 Å². The Morgan fingerprint density at radius 1 is 0.591 bits per heavy atom. The van der Waals surface area contributed by atoms with Gasteiger partial charge in [0.2, 0.25) is 39.6 Å². The Kier molecular flexibility index (Phi) is 19.3. The number of nitrogens with one attached hydrogen (secondary N) is 5. The Labute approximate surface area is 254 Å². The van der Waals surface area contributed by atoms with E-state index in [0.29, 0.717) is 6.54 Å². The second kappa shape index (κ2) is 21.4. The number of carbonyl (C=O) groups excluding carboxylic acids is 5. The molecule has 0 aliphatic rings. The predicted octanol–water partition coefficient (Wildman–Crippen LogP) is -1.80. The van der Waals surface area contributed by atoms with Gasteiger partial charge in [-0.3, -0.25) is 33.5 Å². The zero-order chi connectivity index (χ0) is 33.7. The summed E-state index contributed by atoms with van der Waals surface area (Å²) in [6.45, 7) is 2.07. The SMILES string of the molecule is CCNC(=O)CC[C@@H](NC(=O)CC[C@@H](NC(=O)CCCNC(=O)CCCS(=O)(=O)NC(=O)CCCC(=O)O)C(=O)O)C(=O)O. The van der Waals surface area contributed by atoms with Crippen LogP contribution < -0.4 is 26.0 Å². The van der Waals surface area contributed by atoms with Crippen molar-refractivity contribution in [2.24, 2.45) is 0 Å². The molecule has 0 aromatic carbocycles. The summed E-state index contributed by atoms with van der Waals surface area (Å²) in [6, 6.07) is -2.80. The number of carboxylic acids is 3. The molecule has 0 fully saturated rings. The van der Waals surface area contributed by atoms with Crippen LogP contribution in [0.5, 0.6) is 0 Å². The number of rotatable bonds is 24. The quantitative estimate of drug-likeness (QED) is 0.0535. The van der Waals surface area contributed by atoms with Gasteiger partial charge in [-0.25, -0.2) is 18.0 Å². The smallest absolute Gasteiger partial charge is 0.326 e. The fourth-order valence-corrected chi connectivity index (χ4v) is 4.62. The van der Waals surface area contributed by atoms with Crippen molar-refractivity contribution in [1.29, 1.82) is 0 Å². The summed E-state index contributed by atoms with van der Waals surface area (Å²) >= 11 is 0. The molecule has 0 heterocycles. The van der Waals surface area contributed by atoms with E-state index in [0.717, 1.165) is 0 Å². The molecule has 0 aliphatic heterocycles. The zero-order valence-electron chi connectivity index (χ0n) is 24.4. The second-order valence-electron chi connectivity index (χ2n) is 9.60. The topological polar surface area (TPSA) is 292 Å². The number of aliphatic carboxylic acids is 3. The average Bonchev–Trinajstić information content (AvgIpc) is 2.90. The molecule has 0 bridgehead atoms. The van der Waals surface area contributed by atoms with Crippen LogP contribution in [0.4, 0.5) is 0 Å². The summed E-state index contributed by atoms with van der Waals surface area (Å²) in [5, 5.41) is 36.6. The van der Waals surface area contributed by atoms with E-state index in [-0.39, 0.29) is 76.7 Å². The molecule has 0 spiro atoms. The Hall–Kier alpha value is -4.29. The van der Waals surface area contributed by atoms with Gasteiger partial charge in [0.05, 0.1) is 5.75 Å². The van der Waals surface area contributed by atoms with Gasteiger partial charge in [-0.05, 0) is 39.0 Å². The van der Waals surface area contributed by atoms with Gasteiger partial charge in [0, 0.05) is 51.6 Å². The summed E-state index contributed by atoms with van der Waals surface area (Å²) in [7, 11) is -4.00. The molecule has 8 N–H and O–H groups in total. The highest BCUT2D eigenvalue weighted by atomic mass is 32.2. The van der Waals surface area contributed by atoms with E-state index in [4.69, 9.17) is 5.11 Å². The van der Waals surface area contributed by atoms with Crippen LogP contribution in [-0.2, 0) is 48.4 Å². The Balaban J connectivity index is 4.38. The van der Waals surface area contributed by atoms with Gasteiger partial charge in [0.15, 0.2) is 0 Å². The predicted molar refractivity (Wildman–Crippen MR) is 151 cm³/mol. The molecule has 0 aliphatic carbocycles. The molecular weight excluding hydrogens is 610 g/mol. The number of hydrogen-bond acceptors (Lipinski definition) is 10. The molecule has 44 heavy (non-hydrogen) atoms. The lowest BCUT2D eigenvalue weighted by Gasteiger charge is -2.17. The van der Waals surface area contributed by atoms with E-state index in [9.17, 15) is 57.0 Å². The van der Waals surface area contributed by atoms with Crippen molar-refractivity contribution >= 4 is 57.5 Å². The van der Waals surface area contributed by atoms with Crippen LogP contribution in [0, 0.1) is 0 Å². The lowest BCUT2D eigenvalue weighted by Crippen LogP contribution is -2.44. The monoisotopic (exact) mass is 651 g/mol. The molecule has 0 aromatic heterocycles. The van der Waals surface area contributed by atoms with Gasteiger partial charge in [0.1, 0.15) is 12.1 Å². The first-order valence-corrected chi connectivity index (χ1v) is 15.5. The summed E-state index contributed by atoms with van der Waals surface area (Å²) in [6.07, 6.45) is -2.02. The molecule has 0 rings (SSSR count). The molecule has 250 valence electrons. The average molecular weight is 652 g/mol. The van der Waals surface area contributed by atoms with Crippen molar-refractivity contribution < 1.29 is 62.1 Å². The molecule has 0 unspecified atom stereocenters. The maximum absolute atomic E-state index is 12.2. The number of carbonyl (C=O) groups is 8. The molecular formula is C25H41N5O13S. The van der Waals surface area contributed by atoms with Gasteiger partial charge in [0.25, 0.3) is 0 Å². The van der Waals surface area contributed by atoms with Gasteiger partial charge in [-0.15, -0.1) is 0 Å². The molecule has 18 nitrogen and oxygen atoms in total. The second-order valence-corrected chi connectivity index (χ2v) is 11.4. The lowest BCUT2D eigenvalue weighted by atomic mass is 10.1. The van der Waals surface area contributed by atoms with E-state index in [1.165, 1.54) is 0 Å². The highest BCUT2D eigenvalue weighted by molar-refractivity contribution is 7.90. The van der Waals surface area contributed by atoms with E-state index in [2.05, 4.69) is 21.3 Å². The summed E-state index contributed by atoms with van der Waals surface area (Å²) in [4.78, 5) is 92.6. The molecule has 2 atom stereocenters. The Morgan fingerprint density at radius 2 is 1.07 bits per heavy atom. The minimum atomic E-state index is -4.00. The molecule has 0 radical (unpaired) electrons. The molecule has 5 amide bonds. The minimum absolute atomic E-state index is 0.0202. The van der Waals surface area contributed by atoms with Gasteiger partial charge in [-0.1, -0.05) is 0 Å². The Bertz CT molecular complexity index is 1140. The number of hydrogen-bond donors (Lipinski definition) is 8. The number of carboxylic acid groups (broad SMARTS) is 3. The van der Waals surface area contributed by atoms with Crippen molar-refractivity contribution in [1.82, 2.24) is 26.0 Å². The van der Waals surface area contributed by atoms with Crippen molar-refractivity contribution in [3.05, 3.63) is 0 Å². The fraction of sp³-hybridized carbons (Fsp3) is 0.680. The van der Waals surface area contributed by atoms with E-state index < -0.39 is 75.8 Å². The largest absolute Gasteiger partial charge is 0.481 e. The summed E-state index contributed by atoms with van der Waals surface area (Å²) in [5.41, 5.74) is 0. The van der Waals surface area contributed by atoms with Gasteiger partial charge >= 0.3 is 17.9 Å². The van der Waals surface area contributed by atoms with E-state index in [1.807, 2.05) is 0 Å². The van der Waals surface area contributed by atoms with Gasteiger partial charge < -0.3 is 36.6 Å². The standard InChI is InChI=1S/C25H41N5O13S/c1-2-26-19(32)12-10-16(24(38)39)29-21(34)13-11-17(25(40)41)28-20(33)7-4-14-27-18(31)8-5-15-44(42,43)30-22(35)6-3-9-23(36)37/h16-17H,2-15H2,1H3,(H,26,32)(H,27,31)(H,28,33)(H,29,34)(H,30,35)(H,36,37)(H,38,39)(H,40,41)/t16-,17-/m1/s1. The van der Waals surface area contributed by atoms with Gasteiger partial charge in [-0.2, -0.15) is 0 Å². The highest BCUT2D eigenvalue weighted by Crippen LogP contribution is 2.04. The van der Waals surface area contributed by atoms with Crippen molar-refractivity contribution in [3.8, 4) is 0 Å². The lowest BCUT2D eigenvalue weighted by molar-refractivity contribution is -0.143. The maximum atomic E-state index is 12.2. The first-order chi connectivity index (χ1) is 20.6. The van der Waals surface area contributed by atoms with Crippen molar-refractivity contribution in [2.45, 2.75) is 89.6 Å². The molecule has 0 saturated heterocycles. The minimum Gasteiger partial charge on any atom is -0.481 e. The third-order valence-electron chi connectivity index (χ3n) is 5.74. The van der Waals surface area contributed by atoms with E-state index >= 15 is 0 Å². The van der Waals surface area contributed by atoms with Crippen molar-refractivity contribution in [3.63, 3.8) is 0 Å². The fourth-order valence-electron chi connectivity index (χ4n) is 3.55. The normalized spacial score (nSPS) is 12.2. The maximum Gasteiger partial charge on any atom is 0.326 e. The van der Waals surface area contributed by atoms with Crippen molar-refractivity contribution in [2.75, 3.05) is 18.8 Å². The first-order valence-electron chi connectivity index (χ1n) is 13.9. The van der Waals surface area contributed by atoms with Crippen LogP contribution in [0.25, 0.3) is 0 Å². The highest BCUT2D eigenvalue weighted by Gasteiger charge is 2.24. The van der Waals surface area contributed by atoms with Crippen LogP contribution in [0.2, 0.25) is 0 Å². The third kappa shape index (κ3) is 20.6. The number of amides is 5. The van der Waals surface area contributed by atoms with E-state index in [1.54, 1.807) is 11.6 Å². The third-order valence-corrected chi connectivity index (χ3v) is 7.11. The van der Waals surface area contributed by atoms with Crippen LogP contribution in [-0.4, -0.2) is 102 Å². The summed E-state index contributed by atoms with van der Waals surface area (Å²) in [5.74, 6) is -7.62. The summed E-state index contributed by atoms with van der Waals surface area (Å²) < 4.78 is 25.6. The van der Waals surface area contributed by atoms with Crippen LogP contribution >= 0.6 is 0 Å². The molecule has 0 aromatic rings. The molecule has 0 saturated carbocycles. The molecule has 19 heteroatoms.